The zero-order valence-corrected chi connectivity index (χ0v) is 9.00. The average molecular weight is 184 g/mol. The quantitative estimate of drug-likeness (QED) is 0.715. The lowest BCUT2D eigenvalue weighted by molar-refractivity contribution is -0.0656. The van der Waals surface area contributed by atoms with Gasteiger partial charge in [-0.2, -0.15) is 0 Å². The normalized spacial score (nSPS) is 34.8. The highest BCUT2D eigenvalue weighted by molar-refractivity contribution is 5.07. The van der Waals surface area contributed by atoms with Crippen LogP contribution in [-0.4, -0.2) is 17.8 Å². The molecule has 13 heavy (non-hydrogen) atoms. The van der Waals surface area contributed by atoms with E-state index in [1.807, 2.05) is 6.08 Å². The van der Waals surface area contributed by atoms with E-state index >= 15 is 0 Å². The van der Waals surface area contributed by atoms with Crippen molar-refractivity contribution in [3.63, 3.8) is 0 Å². The van der Waals surface area contributed by atoms with Gasteiger partial charge in [0.05, 0.1) is 11.4 Å². The molecule has 0 radical (unpaired) electrons. The fourth-order valence-electron chi connectivity index (χ4n) is 2.17. The van der Waals surface area contributed by atoms with E-state index in [0.29, 0.717) is 17.6 Å². The van der Waals surface area contributed by atoms with Crippen molar-refractivity contribution in [2.75, 3.05) is 7.11 Å². The van der Waals surface area contributed by atoms with Gasteiger partial charge in [-0.25, -0.2) is 0 Å². The maximum absolute atomic E-state index is 9.46. The van der Waals surface area contributed by atoms with E-state index in [-0.39, 0.29) is 5.60 Å². The van der Waals surface area contributed by atoms with Gasteiger partial charge < -0.3 is 9.84 Å². The summed E-state index contributed by atoms with van der Waals surface area (Å²) in [4.78, 5) is 0. The first-order chi connectivity index (χ1) is 5.99. The van der Waals surface area contributed by atoms with Crippen molar-refractivity contribution in [2.45, 2.75) is 39.2 Å². The highest BCUT2D eigenvalue weighted by Crippen LogP contribution is 2.39. The third kappa shape index (κ3) is 2.05. The van der Waals surface area contributed by atoms with E-state index in [1.54, 1.807) is 7.11 Å². The van der Waals surface area contributed by atoms with E-state index in [1.165, 1.54) is 0 Å². The zero-order chi connectivity index (χ0) is 10.1. The second kappa shape index (κ2) is 3.70. The van der Waals surface area contributed by atoms with Gasteiger partial charge in [-0.3, -0.25) is 0 Å². The maximum atomic E-state index is 9.46. The number of aliphatic hydroxyl groups is 1. The fourth-order valence-corrected chi connectivity index (χ4v) is 2.17. The van der Waals surface area contributed by atoms with Crippen LogP contribution in [0.3, 0.4) is 0 Å². The molecule has 0 bridgehead atoms. The predicted octanol–water partition coefficient (Wildman–Crippen LogP) is 2.90. The van der Waals surface area contributed by atoms with Crippen molar-refractivity contribution < 1.29 is 9.84 Å². The van der Waals surface area contributed by atoms with Gasteiger partial charge in [0.25, 0.3) is 0 Å². The molecule has 2 unspecified atom stereocenters. The first-order valence-electron chi connectivity index (χ1n) is 4.92. The number of hydrogen-bond acceptors (Lipinski definition) is 2. The number of methoxy groups -OCH3 is 1. The fraction of sp³-hybridized carbons (Fsp3) is 0.818. The molecule has 1 rings (SSSR count). The number of hydrogen-bond donors (Lipinski definition) is 1. The van der Waals surface area contributed by atoms with Gasteiger partial charge in [0.2, 0.25) is 0 Å². The molecule has 2 nitrogen and oxygen atoms in total. The first kappa shape index (κ1) is 10.6. The molecule has 0 aromatic rings. The summed E-state index contributed by atoms with van der Waals surface area (Å²) in [5.41, 5.74) is -0.0968. The van der Waals surface area contributed by atoms with Crippen LogP contribution >= 0.6 is 0 Å². The van der Waals surface area contributed by atoms with Crippen LogP contribution in [0.5, 0.6) is 0 Å². The number of aliphatic hydroxyl groups excluding tert-OH is 1. The van der Waals surface area contributed by atoms with E-state index in [2.05, 4.69) is 20.8 Å². The van der Waals surface area contributed by atoms with Gasteiger partial charge in [-0.1, -0.05) is 13.8 Å². The monoisotopic (exact) mass is 184 g/mol. The van der Waals surface area contributed by atoms with Crippen molar-refractivity contribution in [3.8, 4) is 0 Å². The minimum absolute atomic E-state index is 0.0968. The zero-order valence-electron chi connectivity index (χ0n) is 9.00. The van der Waals surface area contributed by atoms with Gasteiger partial charge in [-0.15, -0.1) is 0 Å². The Kier molecular flexibility index (Phi) is 3.01. The molecule has 1 N–H and O–H groups in total. The summed E-state index contributed by atoms with van der Waals surface area (Å²) in [7, 11) is 1.76. The summed E-state index contributed by atoms with van der Waals surface area (Å²) < 4.78 is 5.55. The summed E-state index contributed by atoms with van der Waals surface area (Å²) in [6, 6.07) is 0. The lowest BCUT2D eigenvalue weighted by atomic mass is 9.73. The predicted molar refractivity (Wildman–Crippen MR) is 53.7 cm³/mol. The molecule has 0 saturated carbocycles. The van der Waals surface area contributed by atoms with Crippen LogP contribution in [0.1, 0.15) is 33.6 Å². The van der Waals surface area contributed by atoms with Crippen LogP contribution in [-0.2, 0) is 4.74 Å². The molecule has 0 saturated heterocycles. The Bertz CT molecular complexity index is 208. The number of allylic oxidation sites excluding steroid dienone is 1. The summed E-state index contributed by atoms with van der Waals surface area (Å²) in [6.45, 7) is 6.49. The van der Waals surface area contributed by atoms with Crippen molar-refractivity contribution in [1.82, 2.24) is 0 Å². The summed E-state index contributed by atoms with van der Waals surface area (Å²) in [5.74, 6) is 1.48. The standard InChI is InChI=1S/C11H20O2/c1-8(2)10-7-9(12)5-6-11(10,3)13-4/h5,8,10,12H,6-7H2,1-4H3. The van der Waals surface area contributed by atoms with Crippen LogP contribution in [0, 0.1) is 11.8 Å². The molecule has 2 atom stereocenters. The number of ether oxygens (including phenoxy) is 1. The highest BCUT2D eigenvalue weighted by atomic mass is 16.5. The topological polar surface area (TPSA) is 29.5 Å². The Morgan fingerprint density at radius 2 is 2.23 bits per heavy atom. The van der Waals surface area contributed by atoms with E-state index in [9.17, 15) is 5.11 Å². The van der Waals surface area contributed by atoms with Crippen molar-refractivity contribution >= 4 is 0 Å². The molecule has 0 spiro atoms. The van der Waals surface area contributed by atoms with Crippen LogP contribution in [0.4, 0.5) is 0 Å². The van der Waals surface area contributed by atoms with Crippen molar-refractivity contribution in [1.29, 1.82) is 0 Å². The smallest absolute Gasteiger partial charge is 0.0887 e. The molecular formula is C11H20O2. The molecule has 0 aromatic carbocycles. The van der Waals surface area contributed by atoms with E-state index < -0.39 is 0 Å². The van der Waals surface area contributed by atoms with Gasteiger partial charge in [0.1, 0.15) is 0 Å². The second-order valence-electron chi connectivity index (χ2n) is 4.47. The SMILES string of the molecule is COC1(C)CC=C(O)CC1C(C)C. The molecule has 0 amide bonds. The van der Waals surface area contributed by atoms with Gasteiger partial charge in [0, 0.05) is 13.5 Å². The van der Waals surface area contributed by atoms with E-state index in [4.69, 9.17) is 4.74 Å². The summed E-state index contributed by atoms with van der Waals surface area (Å²) in [5, 5.41) is 9.46. The van der Waals surface area contributed by atoms with Crippen LogP contribution in [0.15, 0.2) is 11.8 Å². The van der Waals surface area contributed by atoms with Gasteiger partial charge in [0.15, 0.2) is 0 Å². The molecule has 0 fully saturated rings. The minimum atomic E-state index is -0.0968. The highest BCUT2D eigenvalue weighted by Gasteiger charge is 2.38. The van der Waals surface area contributed by atoms with E-state index in [0.717, 1.165) is 12.8 Å². The molecule has 1 aliphatic rings. The maximum Gasteiger partial charge on any atom is 0.0887 e. The molecule has 0 aliphatic heterocycles. The lowest BCUT2D eigenvalue weighted by Gasteiger charge is -2.41. The van der Waals surface area contributed by atoms with Gasteiger partial charge in [-0.05, 0) is 31.3 Å². The Hall–Kier alpha value is -0.500. The van der Waals surface area contributed by atoms with Crippen molar-refractivity contribution in [2.24, 2.45) is 11.8 Å². The molecule has 2 heteroatoms. The second-order valence-corrected chi connectivity index (χ2v) is 4.47. The summed E-state index contributed by atoms with van der Waals surface area (Å²) in [6.07, 6.45) is 3.45. The third-order valence-corrected chi connectivity index (χ3v) is 3.23. The van der Waals surface area contributed by atoms with Crippen LogP contribution in [0.2, 0.25) is 0 Å². The Morgan fingerprint density at radius 1 is 1.62 bits per heavy atom. The Labute approximate surface area is 80.6 Å². The molecular weight excluding hydrogens is 164 g/mol. The summed E-state index contributed by atoms with van der Waals surface area (Å²) >= 11 is 0. The average Bonchev–Trinajstić information content (AvgIpc) is 2.09. The van der Waals surface area contributed by atoms with Gasteiger partial charge >= 0.3 is 0 Å². The van der Waals surface area contributed by atoms with Crippen LogP contribution in [0.25, 0.3) is 0 Å². The third-order valence-electron chi connectivity index (χ3n) is 3.23. The lowest BCUT2D eigenvalue weighted by Crippen LogP contribution is -2.41. The Morgan fingerprint density at radius 3 is 2.69 bits per heavy atom. The largest absolute Gasteiger partial charge is 0.513 e. The Balaban J connectivity index is 2.84. The molecule has 1 aliphatic carbocycles. The molecule has 0 aromatic heterocycles. The number of rotatable bonds is 2. The van der Waals surface area contributed by atoms with Crippen LogP contribution < -0.4 is 0 Å². The minimum Gasteiger partial charge on any atom is -0.513 e. The first-order valence-corrected chi connectivity index (χ1v) is 4.92. The van der Waals surface area contributed by atoms with Crippen molar-refractivity contribution in [3.05, 3.63) is 11.8 Å². The molecule has 76 valence electrons. The molecule has 0 heterocycles.